The molecule has 1 unspecified atom stereocenters. The summed E-state index contributed by atoms with van der Waals surface area (Å²) in [5.41, 5.74) is 3.99. The molecule has 1 saturated carbocycles. The van der Waals surface area contributed by atoms with Gasteiger partial charge in [0.1, 0.15) is 0 Å². The van der Waals surface area contributed by atoms with E-state index < -0.39 is 0 Å². The fourth-order valence-electron chi connectivity index (χ4n) is 4.72. The summed E-state index contributed by atoms with van der Waals surface area (Å²) in [5, 5.41) is 5.24. The average molecular weight is 414 g/mol. The molecule has 1 saturated heterocycles. The smallest absolute Gasteiger partial charge is 0.253 e. The first-order chi connectivity index (χ1) is 14.0. The Balaban J connectivity index is 1.57. The van der Waals surface area contributed by atoms with E-state index in [1.54, 1.807) is 0 Å². The summed E-state index contributed by atoms with van der Waals surface area (Å²) in [6, 6.07) is 6.68. The van der Waals surface area contributed by atoms with E-state index in [1.807, 2.05) is 13.0 Å². The van der Waals surface area contributed by atoms with Crippen LogP contribution >= 0.6 is 12.2 Å². The van der Waals surface area contributed by atoms with Crippen molar-refractivity contribution >= 4 is 28.2 Å². The molecule has 5 nitrogen and oxygen atoms in total. The van der Waals surface area contributed by atoms with E-state index in [1.165, 1.54) is 18.4 Å². The van der Waals surface area contributed by atoms with Gasteiger partial charge in [0.2, 0.25) is 0 Å². The zero-order valence-electron chi connectivity index (χ0n) is 17.4. The zero-order chi connectivity index (χ0) is 20.4. The molecule has 29 heavy (non-hydrogen) atoms. The number of thiocarbonyl (C=S) groups is 1. The second-order valence-electron chi connectivity index (χ2n) is 8.56. The molecule has 1 aliphatic carbocycles. The number of nitrogens with one attached hydrogen (secondary N) is 2. The molecule has 0 spiro atoms. The molecular weight excluding hydrogens is 382 g/mol. The van der Waals surface area contributed by atoms with Crippen LogP contribution < -0.4 is 10.9 Å². The predicted molar refractivity (Wildman–Crippen MR) is 121 cm³/mol. The van der Waals surface area contributed by atoms with E-state index in [9.17, 15) is 4.79 Å². The van der Waals surface area contributed by atoms with Crippen LogP contribution in [-0.2, 0) is 11.3 Å². The third kappa shape index (κ3) is 4.64. The molecule has 1 aromatic heterocycles. The van der Waals surface area contributed by atoms with Crippen molar-refractivity contribution in [1.29, 1.82) is 0 Å². The number of aryl methyl sites for hydroxylation is 2. The Hall–Kier alpha value is -1.92. The molecule has 6 heteroatoms. The van der Waals surface area contributed by atoms with Gasteiger partial charge in [0.15, 0.2) is 5.11 Å². The predicted octanol–water partition coefficient (Wildman–Crippen LogP) is 3.94. The second kappa shape index (κ2) is 8.84. The van der Waals surface area contributed by atoms with Crippen LogP contribution in [0.1, 0.15) is 55.2 Å². The Labute approximate surface area is 177 Å². The average Bonchev–Trinajstić information content (AvgIpc) is 3.39. The summed E-state index contributed by atoms with van der Waals surface area (Å²) in [6.07, 6.45) is 7.16. The van der Waals surface area contributed by atoms with E-state index in [4.69, 9.17) is 17.0 Å². The minimum Gasteiger partial charge on any atom is -0.376 e. The van der Waals surface area contributed by atoms with Crippen LogP contribution in [0.2, 0.25) is 0 Å². The van der Waals surface area contributed by atoms with Gasteiger partial charge in [-0.2, -0.15) is 0 Å². The largest absolute Gasteiger partial charge is 0.376 e. The van der Waals surface area contributed by atoms with E-state index in [2.05, 4.69) is 34.3 Å². The second-order valence-corrected chi connectivity index (χ2v) is 8.94. The highest BCUT2D eigenvalue weighted by molar-refractivity contribution is 7.80. The third-order valence-corrected chi connectivity index (χ3v) is 6.62. The molecular formula is C23H31N3O2S. The number of aromatic nitrogens is 1. The Morgan fingerprint density at radius 3 is 2.72 bits per heavy atom. The summed E-state index contributed by atoms with van der Waals surface area (Å²) in [6.45, 7) is 6.26. The molecule has 2 aromatic rings. The summed E-state index contributed by atoms with van der Waals surface area (Å²) < 4.78 is 5.72. The van der Waals surface area contributed by atoms with Crippen LogP contribution in [-0.4, -0.2) is 40.3 Å². The van der Waals surface area contributed by atoms with Crippen molar-refractivity contribution in [2.45, 2.75) is 71.1 Å². The monoisotopic (exact) mass is 413 g/mol. The van der Waals surface area contributed by atoms with E-state index in [0.29, 0.717) is 12.6 Å². The quantitative estimate of drug-likeness (QED) is 0.727. The lowest BCUT2D eigenvalue weighted by atomic mass is 10.0. The van der Waals surface area contributed by atoms with Crippen LogP contribution in [0.4, 0.5) is 0 Å². The number of hydrogen-bond acceptors (Lipinski definition) is 3. The molecule has 0 amide bonds. The topological polar surface area (TPSA) is 57.4 Å². The van der Waals surface area contributed by atoms with Gasteiger partial charge < -0.3 is 19.9 Å². The highest BCUT2D eigenvalue weighted by Crippen LogP contribution is 2.26. The molecule has 1 atom stereocenters. The first-order valence-electron chi connectivity index (χ1n) is 10.8. The number of benzene rings is 1. The number of H-pyrrole nitrogens is 1. The lowest BCUT2D eigenvalue weighted by Crippen LogP contribution is -2.47. The van der Waals surface area contributed by atoms with Gasteiger partial charge in [0, 0.05) is 24.8 Å². The van der Waals surface area contributed by atoms with E-state index >= 15 is 0 Å². The number of ether oxygens (including phenoxy) is 1. The molecule has 0 radical (unpaired) electrons. The highest BCUT2D eigenvalue weighted by Gasteiger charge is 2.26. The SMILES string of the molecule is Cc1cc(C)c2[nH]c(=O)c(CN(C(=S)NCC3CCCO3)C3CCCC3)cc2c1. The number of nitrogens with zero attached hydrogens (tertiary/aromatic N) is 1. The van der Waals surface area contributed by atoms with Crippen LogP contribution in [0.15, 0.2) is 23.0 Å². The van der Waals surface area contributed by atoms with E-state index in [-0.39, 0.29) is 11.7 Å². The van der Waals surface area contributed by atoms with Crippen LogP contribution in [0.5, 0.6) is 0 Å². The van der Waals surface area contributed by atoms with Crippen molar-refractivity contribution < 1.29 is 4.74 Å². The number of aromatic amines is 1. The van der Waals surface area contributed by atoms with Crippen molar-refractivity contribution in [3.05, 3.63) is 45.2 Å². The van der Waals surface area contributed by atoms with Gasteiger partial charge in [-0.3, -0.25) is 4.79 Å². The van der Waals surface area contributed by atoms with Crippen molar-refractivity contribution in [2.24, 2.45) is 0 Å². The lowest BCUT2D eigenvalue weighted by molar-refractivity contribution is 0.113. The van der Waals surface area contributed by atoms with Gasteiger partial charge in [-0.15, -0.1) is 0 Å². The maximum atomic E-state index is 12.8. The van der Waals surface area contributed by atoms with Gasteiger partial charge in [0.05, 0.1) is 18.2 Å². The van der Waals surface area contributed by atoms with Crippen LogP contribution in [0.25, 0.3) is 10.9 Å². The summed E-state index contributed by atoms with van der Waals surface area (Å²) in [5.74, 6) is 0. The Bertz CT molecular complexity index is 943. The number of pyridine rings is 1. The number of rotatable bonds is 5. The molecule has 1 aromatic carbocycles. The van der Waals surface area contributed by atoms with Gasteiger partial charge >= 0.3 is 0 Å². The molecule has 2 heterocycles. The van der Waals surface area contributed by atoms with Gasteiger partial charge in [-0.25, -0.2) is 0 Å². The maximum absolute atomic E-state index is 12.8. The maximum Gasteiger partial charge on any atom is 0.253 e. The first kappa shape index (κ1) is 20.4. The lowest BCUT2D eigenvalue weighted by Gasteiger charge is -2.32. The molecule has 0 bridgehead atoms. The first-order valence-corrected chi connectivity index (χ1v) is 11.2. The summed E-state index contributed by atoms with van der Waals surface area (Å²) >= 11 is 5.77. The fraction of sp³-hybridized carbons (Fsp3) is 0.565. The highest BCUT2D eigenvalue weighted by atomic mass is 32.1. The Morgan fingerprint density at radius 1 is 1.21 bits per heavy atom. The van der Waals surface area contributed by atoms with Crippen LogP contribution in [0.3, 0.4) is 0 Å². The van der Waals surface area contributed by atoms with Crippen molar-refractivity contribution in [3.63, 3.8) is 0 Å². The van der Waals surface area contributed by atoms with Crippen molar-refractivity contribution in [3.8, 4) is 0 Å². The normalized spacial score (nSPS) is 19.7. The minimum absolute atomic E-state index is 0.0191. The van der Waals surface area contributed by atoms with Crippen LogP contribution in [0, 0.1) is 13.8 Å². The third-order valence-electron chi connectivity index (χ3n) is 6.24. The Morgan fingerprint density at radius 2 is 2.00 bits per heavy atom. The van der Waals surface area contributed by atoms with Gasteiger partial charge in [-0.1, -0.05) is 24.5 Å². The molecule has 2 N–H and O–H groups in total. The van der Waals surface area contributed by atoms with E-state index in [0.717, 1.165) is 66.0 Å². The zero-order valence-corrected chi connectivity index (χ0v) is 18.2. The summed E-state index contributed by atoms with van der Waals surface area (Å²) in [4.78, 5) is 18.2. The van der Waals surface area contributed by atoms with Gasteiger partial charge in [0.25, 0.3) is 5.56 Å². The molecule has 4 rings (SSSR count). The Kier molecular flexibility index (Phi) is 6.20. The standard InChI is InChI=1S/C23H31N3O2S/c1-15-10-16(2)21-17(11-15)12-18(22(27)25-21)14-26(19-6-3-4-7-19)23(29)24-13-20-8-5-9-28-20/h10-12,19-20H,3-9,13-14H2,1-2H3,(H,24,29)(H,25,27). The molecule has 2 fully saturated rings. The molecule has 156 valence electrons. The van der Waals surface area contributed by atoms with Crippen molar-refractivity contribution in [1.82, 2.24) is 15.2 Å². The van der Waals surface area contributed by atoms with Crippen molar-refractivity contribution in [2.75, 3.05) is 13.2 Å². The molecule has 2 aliphatic rings. The minimum atomic E-state index is -0.0191. The molecule has 1 aliphatic heterocycles. The fourth-order valence-corrected chi connectivity index (χ4v) is 5.02. The number of fused-ring (bicyclic) bond motifs is 1. The number of hydrogen-bond donors (Lipinski definition) is 2. The summed E-state index contributed by atoms with van der Waals surface area (Å²) in [7, 11) is 0. The van der Waals surface area contributed by atoms with Gasteiger partial charge in [-0.05, 0) is 74.8 Å².